The molecule has 1 aliphatic carbocycles. The number of benzene rings is 1. The maximum absolute atomic E-state index is 13.0. The minimum atomic E-state index is -0.360. The highest BCUT2D eigenvalue weighted by Crippen LogP contribution is 2.27. The number of rotatable bonds is 4. The van der Waals surface area contributed by atoms with E-state index in [1.807, 2.05) is 0 Å². The molecule has 3 heteroatoms. The molecule has 1 aromatic carbocycles. The van der Waals surface area contributed by atoms with Gasteiger partial charge < -0.3 is 5.73 Å². The van der Waals surface area contributed by atoms with Gasteiger partial charge in [0, 0.05) is 6.04 Å². The molecule has 2 rings (SSSR count). The zero-order valence-electron chi connectivity index (χ0n) is 10.7. The van der Waals surface area contributed by atoms with Gasteiger partial charge in [-0.05, 0) is 36.5 Å². The van der Waals surface area contributed by atoms with Crippen LogP contribution in [0.15, 0.2) is 18.2 Å². The second kappa shape index (κ2) is 6.53. The predicted molar refractivity (Wildman–Crippen MR) is 74.3 cm³/mol. The van der Waals surface area contributed by atoms with Crippen LogP contribution >= 0.6 is 11.6 Å². The summed E-state index contributed by atoms with van der Waals surface area (Å²) in [4.78, 5) is 0. The van der Waals surface area contributed by atoms with Gasteiger partial charge in [0.2, 0.25) is 0 Å². The van der Waals surface area contributed by atoms with Gasteiger partial charge in [0.15, 0.2) is 0 Å². The molecule has 1 unspecified atom stereocenters. The maximum Gasteiger partial charge on any atom is 0.141 e. The fraction of sp³-hybridized carbons (Fsp3) is 0.600. The molecule has 1 fully saturated rings. The van der Waals surface area contributed by atoms with Crippen LogP contribution in [0.1, 0.15) is 44.1 Å². The van der Waals surface area contributed by atoms with Crippen LogP contribution in [0.4, 0.5) is 4.39 Å². The van der Waals surface area contributed by atoms with E-state index in [0.717, 1.165) is 24.3 Å². The molecule has 1 atom stereocenters. The van der Waals surface area contributed by atoms with E-state index in [-0.39, 0.29) is 16.9 Å². The predicted octanol–water partition coefficient (Wildman–Crippen LogP) is 4.32. The minimum Gasteiger partial charge on any atom is -0.327 e. The number of nitrogens with two attached hydrogens (primary N) is 1. The van der Waals surface area contributed by atoms with Gasteiger partial charge in [0.1, 0.15) is 5.82 Å². The molecule has 0 aromatic heterocycles. The van der Waals surface area contributed by atoms with Crippen LogP contribution in [0.3, 0.4) is 0 Å². The molecule has 2 N–H and O–H groups in total. The topological polar surface area (TPSA) is 26.0 Å². The molecule has 0 aliphatic heterocycles. The van der Waals surface area contributed by atoms with E-state index in [1.54, 1.807) is 12.1 Å². The summed E-state index contributed by atoms with van der Waals surface area (Å²) in [6, 6.07) is 5.06. The Morgan fingerprint density at radius 3 is 2.67 bits per heavy atom. The van der Waals surface area contributed by atoms with Gasteiger partial charge in [-0.25, -0.2) is 4.39 Å². The van der Waals surface area contributed by atoms with Crippen molar-refractivity contribution >= 4 is 11.6 Å². The first-order valence-electron chi connectivity index (χ1n) is 6.84. The fourth-order valence-electron chi connectivity index (χ4n) is 2.90. The molecule has 1 nitrogen and oxygen atoms in total. The lowest BCUT2D eigenvalue weighted by Crippen LogP contribution is -2.27. The van der Waals surface area contributed by atoms with Crippen LogP contribution in [0.25, 0.3) is 0 Å². The first-order chi connectivity index (χ1) is 8.65. The third kappa shape index (κ3) is 3.96. The van der Waals surface area contributed by atoms with Crippen molar-refractivity contribution in [3.63, 3.8) is 0 Å². The molecule has 0 amide bonds. The van der Waals surface area contributed by atoms with Crippen LogP contribution in [-0.2, 0) is 6.42 Å². The quantitative estimate of drug-likeness (QED) is 0.866. The molecule has 1 aromatic rings. The largest absolute Gasteiger partial charge is 0.327 e. The van der Waals surface area contributed by atoms with Crippen LogP contribution in [0.5, 0.6) is 0 Å². The lowest BCUT2D eigenvalue weighted by atomic mass is 9.84. The fourth-order valence-corrected chi connectivity index (χ4v) is 3.11. The normalized spacial score (nSPS) is 18.8. The molecule has 0 heterocycles. The third-order valence-corrected chi connectivity index (χ3v) is 4.13. The lowest BCUT2D eigenvalue weighted by Gasteiger charge is -2.24. The lowest BCUT2D eigenvalue weighted by molar-refractivity contribution is 0.317. The van der Waals surface area contributed by atoms with Crippen molar-refractivity contribution in [1.29, 1.82) is 0 Å². The second-order valence-electron chi connectivity index (χ2n) is 5.45. The average molecular weight is 270 g/mol. The molecule has 0 radical (unpaired) electrons. The van der Waals surface area contributed by atoms with Gasteiger partial charge >= 0.3 is 0 Å². The van der Waals surface area contributed by atoms with Crippen LogP contribution in [0.2, 0.25) is 5.02 Å². The van der Waals surface area contributed by atoms with Crippen molar-refractivity contribution in [2.75, 3.05) is 0 Å². The second-order valence-corrected chi connectivity index (χ2v) is 5.86. The maximum atomic E-state index is 13.0. The van der Waals surface area contributed by atoms with Gasteiger partial charge in [-0.15, -0.1) is 0 Å². The first-order valence-corrected chi connectivity index (χ1v) is 7.22. The highest BCUT2D eigenvalue weighted by Gasteiger charge is 2.17. The zero-order chi connectivity index (χ0) is 13.0. The summed E-state index contributed by atoms with van der Waals surface area (Å²) >= 11 is 5.77. The molecule has 0 saturated heterocycles. The Morgan fingerprint density at radius 1 is 1.28 bits per heavy atom. The van der Waals surface area contributed by atoms with Crippen molar-refractivity contribution in [2.45, 2.75) is 51.0 Å². The average Bonchev–Trinajstić information content (AvgIpc) is 2.35. The van der Waals surface area contributed by atoms with Gasteiger partial charge in [-0.1, -0.05) is 49.8 Å². The summed E-state index contributed by atoms with van der Waals surface area (Å²) in [7, 11) is 0. The highest BCUT2D eigenvalue weighted by atomic mass is 35.5. The smallest absolute Gasteiger partial charge is 0.141 e. The zero-order valence-corrected chi connectivity index (χ0v) is 11.4. The summed E-state index contributed by atoms with van der Waals surface area (Å²) in [6.07, 6.45) is 8.57. The molecular weight excluding hydrogens is 249 g/mol. The van der Waals surface area contributed by atoms with E-state index >= 15 is 0 Å². The van der Waals surface area contributed by atoms with E-state index < -0.39 is 0 Å². The van der Waals surface area contributed by atoms with Crippen molar-refractivity contribution in [3.8, 4) is 0 Å². The Kier molecular flexibility index (Phi) is 5.02. The summed E-state index contributed by atoms with van der Waals surface area (Å²) in [5.74, 6) is 0.422. The van der Waals surface area contributed by atoms with E-state index in [9.17, 15) is 4.39 Å². The Hall–Kier alpha value is -0.600. The SMILES string of the molecule is NC(Cc1ccc(F)c(Cl)c1)CC1CCCCC1. The van der Waals surface area contributed by atoms with Crippen LogP contribution in [0, 0.1) is 11.7 Å². The monoisotopic (exact) mass is 269 g/mol. The van der Waals surface area contributed by atoms with Crippen molar-refractivity contribution in [3.05, 3.63) is 34.6 Å². The molecule has 100 valence electrons. The minimum absolute atomic E-state index is 0.162. The Labute approximate surface area is 114 Å². The summed E-state index contributed by atoms with van der Waals surface area (Å²) < 4.78 is 13.0. The van der Waals surface area contributed by atoms with E-state index in [2.05, 4.69) is 0 Å². The van der Waals surface area contributed by atoms with E-state index in [0.29, 0.717) is 0 Å². The Bertz CT molecular complexity index is 388. The van der Waals surface area contributed by atoms with Crippen molar-refractivity contribution in [2.24, 2.45) is 11.7 Å². The first kappa shape index (κ1) is 13.8. The van der Waals surface area contributed by atoms with Gasteiger partial charge in [-0.3, -0.25) is 0 Å². The molecule has 1 saturated carbocycles. The van der Waals surface area contributed by atoms with Crippen LogP contribution < -0.4 is 5.73 Å². The van der Waals surface area contributed by atoms with Crippen molar-refractivity contribution in [1.82, 2.24) is 0 Å². The number of hydrogen-bond donors (Lipinski definition) is 1. The Morgan fingerprint density at radius 2 is 2.00 bits per heavy atom. The van der Waals surface area contributed by atoms with Gasteiger partial charge in [0.05, 0.1) is 5.02 Å². The highest BCUT2D eigenvalue weighted by molar-refractivity contribution is 6.30. The summed E-state index contributed by atoms with van der Waals surface area (Å²) in [5.41, 5.74) is 7.22. The summed E-state index contributed by atoms with van der Waals surface area (Å²) in [6.45, 7) is 0. The Balaban J connectivity index is 1.85. The molecule has 1 aliphatic rings. The molecular formula is C15H21ClFN. The molecule has 18 heavy (non-hydrogen) atoms. The standard InChI is InChI=1S/C15H21ClFN/c16-14-10-12(6-7-15(14)17)9-13(18)8-11-4-2-1-3-5-11/h6-7,10-11,13H,1-5,8-9,18H2. The molecule has 0 bridgehead atoms. The third-order valence-electron chi connectivity index (χ3n) is 3.84. The summed E-state index contributed by atoms with van der Waals surface area (Å²) in [5, 5.41) is 0.192. The van der Waals surface area contributed by atoms with Crippen LogP contribution in [-0.4, -0.2) is 6.04 Å². The van der Waals surface area contributed by atoms with E-state index in [4.69, 9.17) is 17.3 Å². The number of halogens is 2. The molecule has 0 spiro atoms. The number of hydrogen-bond acceptors (Lipinski definition) is 1. The van der Waals surface area contributed by atoms with E-state index in [1.165, 1.54) is 38.2 Å². The van der Waals surface area contributed by atoms with Crippen molar-refractivity contribution < 1.29 is 4.39 Å². The van der Waals surface area contributed by atoms with Gasteiger partial charge in [0.25, 0.3) is 0 Å². The van der Waals surface area contributed by atoms with Gasteiger partial charge in [-0.2, -0.15) is 0 Å².